The average Bonchev–Trinajstić information content (AvgIpc) is 3.29. The van der Waals surface area contributed by atoms with Gasteiger partial charge >= 0.3 is 0 Å². The van der Waals surface area contributed by atoms with Crippen LogP contribution < -0.4 is 10.2 Å². The van der Waals surface area contributed by atoms with E-state index in [0.29, 0.717) is 32.0 Å². The summed E-state index contributed by atoms with van der Waals surface area (Å²) < 4.78 is 32.9. The predicted molar refractivity (Wildman–Crippen MR) is 116 cm³/mol. The molecule has 1 amide bonds. The Hall–Kier alpha value is -2.42. The number of hydrogen-bond donors (Lipinski definition) is 1. The minimum Gasteiger partial charge on any atom is -0.379 e. The Morgan fingerprint density at radius 3 is 2.37 bits per heavy atom. The van der Waals surface area contributed by atoms with Crippen LogP contribution in [0.25, 0.3) is 0 Å². The van der Waals surface area contributed by atoms with Crippen LogP contribution in [0.3, 0.4) is 0 Å². The molecule has 0 bridgehead atoms. The van der Waals surface area contributed by atoms with Gasteiger partial charge in [0.05, 0.1) is 35.9 Å². The van der Waals surface area contributed by atoms with Crippen LogP contribution in [0.2, 0.25) is 0 Å². The van der Waals surface area contributed by atoms with Crippen molar-refractivity contribution in [1.29, 1.82) is 0 Å². The van der Waals surface area contributed by atoms with Gasteiger partial charge in [-0.1, -0.05) is 30.3 Å². The fraction of sp³-hybridized carbons (Fsp3) is 0.409. The number of sulfonamides is 1. The summed E-state index contributed by atoms with van der Waals surface area (Å²) in [6, 6.07) is 14.6. The van der Waals surface area contributed by atoms with Gasteiger partial charge in [-0.25, -0.2) is 8.42 Å². The summed E-state index contributed by atoms with van der Waals surface area (Å²) in [6.45, 7) is 3.27. The molecule has 0 saturated carbocycles. The number of benzene rings is 2. The molecule has 2 heterocycles. The third-order valence-corrected chi connectivity index (χ3v) is 7.40. The summed E-state index contributed by atoms with van der Waals surface area (Å²) in [5, 5.41) is 2.96. The molecule has 0 spiro atoms. The Kier molecular flexibility index (Phi) is 6.36. The lowest BCUT2D eigenvalue weighted by Gasteiger charge is -2.27. The molecule has 0 radical (unpaired) electrons. The summed E-state index contributed by atoms with van der Waals surface area (Å²) in [4.78, 5) is 15.1. The summed E-state index contributed by atoms with van der Waals surface area (Å²) >= 11 is 0. The first kappa shape index (κ1) is 20.8. The minimum absolute atomic E-state index is 0.164. The van der Waals surface area contributed by atoms with E-state index in [-0.39, 0.29) is 17.2 Å². The van der Waals surface area contributed by atoms with Crippen LogP contribution in [-0.4, -0.2) is 58.0 Å². The van der Waals surface area contributed by atoms with E-state index in [1.54, 1.807) is 12.1 Å². The molecule has 30 heavy (non-hydrogen) atoms. The SMILES string of the molecule is O=C(Cc1ccccc1)Nc1cc(S(=O)(=O)N2CCOCC2)ccc1N1CCCC1. The van der Waals surface area contributed by atoms with Crippen molar-refractivity contribution in [2.24, 2.45) is 0 Å². The first-order chi connectivity index (χ1) is 14.5. The minimum atomic E-state index is -3.64. The molecule has 0 atom stereocenters. The van der Waals surface area contributed by atoms with Crippen molar-refractivity contribution >= 4 is 27.3 Å². The maximum atomic E-state index is 13.1. The molecule has 0 aliphatic carbocycles. The number of nitrogens with zero attached hydrogens (tertiary/aromatic N) is 2. The van der Waals surface area contributed by atoms with Gasteiger partial charge in [0, 0.05) is 26.2 Å². The molecule has 1 N–H and O–H groups in total. The maximum Gasteiger partial charge on any atom is 0.243 e. The van der Waals surface area contributed by atoms with Gasteiger partial charge in [-0.2, -0.15) is 4.31 Å². The number of amides is 1. The largest absolute Gasteiger partial charge is 0.379 e. The van der Waals surface area contributed by atoms with Gasteiger partial charge in [0.25, 0.3) is 0 Å². The van der Waals surface area contributed by atoms with E-state index < -0.39 is 10.0 Å². The predicted octanol–water partition coefficient (Wildman–Crippen LogP) is 2.49. The maximum absolute atomic E-state index is 13.1. The number of rotatable bonds is 6. The normalized spacial score (nSPS) is 17.8. The molecule has 160 valence electrons. The van der Waals surface area contributed by atoms with Crippen molar-refractivity contribution in [2.45, 2.75) is 24.2 Å². The molecule has 2 aromatic carbocycles. The van der Waals surface area contributed by atoms with Crippen molar-refractivity contribution in [3.05, 3.63) is 54.1 Å². The van der Waals surface area contributed by atoms with Gasteiger partial charge in [0.15, 0.2) is 0 Å². The van der Waals surface area contributed by atoms with Crippen molar-refractivity contribution < 1.29 is 17.9 Å². The first-order valence-electron chi connectivity index (χ1n) is 10.3. The van der Waals surface area contributed by atoms with Crippen LogP contribution >= 0.6 is 0 Å². The van der Waals surface area contributed by atoms with Gasteiger partial charge < -0.3 is 15.0 Å². The van der Waals surface area contributed by atoms with Crippen LogP contribution in [-0.2, 0) is 26.0 Å². The molecule has 0 aromatic heterocycles. The highest BCUT2D eigenvalue weighted by molar-refractivity contribution is 7.89. The summed E-state index contributed by atoms with van der Waals surface area (Å²) in [5.74, 6) is -0.164. The van der Waals surface area contributed by atoms with Crippen molar-refractivity contribution in [1.82, 2.24) is 4.31 Å². The second kappa shape index (κ2) is 9.16. The zero-order valence-corrected chi connectivity index (χ0v) is 17.7. The quantitative estimate of drug-likeness (QED) is 0.763. The van der Waals surface area contributed by atoms with E-state index in [9.17, 15) is 13.2 Å². The molecule has 2 aromatic rings. The highest BCUT2D eigenvalue weighted by Gasteiger charge is 2.28. The van der Waals surface area contributed by atoms with Gasteiger partial charge in [-0.15, -0.1) is 0 Å². The van der Waals surface area contributed by atoms with Gasteiger partial charge in [-0.3, -0.25) is 4.79 Å². The third-order valence-electron chi connectivity index (χ3n) is 5.50. The number of morpholine rings is 1. The molecule has 8 heteroatoms. The lowest BCUT2D eigenvalue weighted by molar-refractivity contribution is -0.115. The Balaban J connectivity index is 1.61. The monoisotopic (exact) mass is 429 g/mol. The summed E-state index contributed by atoms with van der Waals surface area (Å²) in [7, 11) is -3.64. The first-order valence-corrected chi connectivity index (χ1v) is 11.8. The molecular formula is C22H27N3O4S. The summed E-state index contributed by atoms with van der Waals surface area (Å²) in [5.41, 5.74) is 2.33. The number of carbonyl (C=O) groups is 1. The van der Waals surface area contributed by atoms with Crippen molar-refractivity contribution in [3.63, 3.8) is 0 Å². The van der Waals surface area contributed by atoms with Crippen molar-refractivity contribution in [3.8, 4) is 0 Å². The number of ether oxygens (including phenoxy) is 1. The molecule has 2 aliphatic rings. The summed E-state index contributed by atoms with van der Waals surface area (Å²) in [6.07, 6.45) is 2.41. The number of anilines is 2. The van der Waals surface area contributed by atoms with Crippen molar-refractivity contribution in [2.75, 3.05) is 49.6 Å². The molecule has 2 aliphatic heterocycles. The van der Waals surface area contributed by atoms with E-state index in [1.807, 2.05) is 36.4 Å². The van der Waals surface area contributed by atoms with E-state index >= 15 is 0 Å². The van der Waals surface area contributed by atoms with Crippen LogP contribution in [0.1, 0.15) is 18.4 Å². The fourth-order valence-corrected chi connectivity index (χ4v) is 5.36. The number of carbonyl (C=O) groups excluding carboxylic acids is 1. The topological polar surface area (TPSA) is 79.0 Å². The van der Waals surface area contributed by atoms with Gasteiger partial charge in [0.2, 0.25) is 15.9 Å². The standard InChI is InChI=1S/C22H27N3O4S/c26-22(16-18-6-2-1-3-7-18)23-20-17-19(8-9-21(20)24-10-4-5-11-24)30(27,28)25-12-14-29-15-13-25/h1-3,6-9,17H,4-5,10-16H2,(H,23,26). The van der Waals surface area contributed by atoms with E-state index in [1.165, 1.54) is 4.31 Å². The van der Waals surface area contributed by atoms with Crippen LogP contribution in [0.5, 0.6) is 0 Å². The smallest absolute Gasteiger partial charge is 0.243 e. The van der Waals surface area contributed by atoms with E-state index in [0.717, 1.165) is 37.2 Å². The highest BCUT2D eigenvalue weighted by Crippen LogP contribution is 2.32. The number of hydrogen-bond acceptors (Lipinski definition) is 5. The third kappa shape index (κ3) is 4.66. The van der Waals surface area contributed by atoms with E-state index in [4.69, 9.17) is 4.74 Å². The Morgan fingerprint density at radius 1 is 0.967 bits per heavy atom. The molecule has 0 unspecified atom stereocenters. The Bertz CT molecular complexity index is 983. The molecular weight excluding hydrogens is 402 g/mol. The van der Waals surface area contributed by atoms with Gasteiger partial charge in [0.1, 0.15) is 0 Å². The molecule has 2 saturated heterocycles. The average molecular weight is 430 g/mol. The van der Waals surface area contributed by atoms with Crippen LogP contribution in [0, 0.1) is 0 Å². The zero-order chi connectivity index (χ0) is 21.0. The van der Waals surface area contributed by atoms with Crippen LogP contribution in [0.15, 0.2) is 53.4 Å². The fourth-order valence-electron chi connectivity index (χ4n) is 3.92. The zero-order valence-electron chi connectivity index (χ0n) is 16.9. The second-order valence-corrected chi connectivity index (χ2v) is 9.54. The Labute approximate surface area is 177 Å². The lowest BCUT2D eigenvalue weighted by atomic mass is 10.1. The highest BCUT2D eigenvalue weighted by atomic mass is 32.2. The Morgan fingerprint density at radius 2 is 1.67 bits per heavy atom. The molecule has 4 rings (SSSR count). The van der Waals surface area contributed by atoms with Gasteiger partial charge in [-0.05, 0) is 36.6 Å². The lowest BCUT2D eigenvalue weighted by Crippen LogP contribution is -2.40. The van der Waals surface area contributed by atoms with Crippen LogP contribution in [0.4, 0.5) is 11.4 Å². The molecule has 2 fully saturated rings. The van der Waals surface area contributed by atoms with E-state index in [2.05, 4.69) is 10.2 Å². The number of nitrogens with one attached hydrogen (secondary N) is 1. The molecule has 7 nitrogen and oxygen atoms in total. The second-order valence-electron chi connectivity index (χ2n) is 7.60.